The summed E-state index contributed by atoms with van der Waals surface area (Å²) in [5.41, 5.74) is 2.53. The SMILES string of the molecule is CN(c1ccc(NC(=O)Nc2ccccc2)cc1)S(=O)(=O)c1ccc(-c2cn[nH]c2)s1. The summed E-state index contributed by atoms with van der Waals surface area (Å²) < 4.78 is 27.5. The highest BCUT2D eigenvalue weighted by Gasteiger charge is 2.24. The molecule has 0 fully saturated rings. The summed E-state index contributed by atoms with van der Waals surface area (Å²) in [6.45, 7) is 0. The monoisotopic (exact) mass is 453 g/mol. The Morgan fingerprint density at radius 3 is 2.29 bits per heavy atom. The van der Waals surface area contributed by atoms with Gasteiger partial charge in [0, 0.05) is 35.1 Å². The molecule has 0 radical (unpaired) electrons. The van der Waals surface area contributed by atoms with Gasteiger partial charge in [0.25, 0.3) is 10.0 Å². The fourth-order valence-corrected chi connectivity index (χ4v) is 5.50. The predicted molar refractivity (Wildman–Crippen MR) is 123 cm³/mol. The number of H-pyrrole nitrogens is 1. The molecule has 3 N–H and O–H groups in total. The van der Waals surface area contributed by atoms with Crippen LogP contribution < -0.4 is 14.9 Å². The van der Waals surface area contributed by atoms with Gasteiger partial charge in [0.2, 0.25) is 0 Å². The molecule has 158 valence electrons. The third-order valence-corrected chi connectivity index (χ3v) is 7.89. The fraction of sp³-hybridized carbons (Fsp3) is 0.0476. The van der Waals surface area contributed by atoms with E-state index in [4.69, 9.17) is 0 Å². The molecule has 0 saturated carbocycles. The first-order chi connectivity index (χ1) is 14.9. The number of aromatic nitrogens is 2. The van der Waals surface area contributed by atoms with Gasteiger partial charge in [0.1, 0.15) is 4.21 Å². The van der Waals surface area contributed by atoms with Crippen molar-refractivity contribution in [2.75, 3.05) is 22.0 Å². The van der Waals surface area contributed by atoms with Crippen molar-refractivity contribution in [3.05, 3.63) is 79.1 Å². The maximum atomic E-state index is 13.0. The van der Waals surface area contributed by atoms with Crippen LogP contribution in [0.5, 0.6) is 0 Å². The Labute approximate surface area is 183 Å². The minimum Gasteiger partial charge on any atom is -0.308 e. The van der Waals surface area contributed by atoms with Crippen LogP contribution in [0, 0.1) is 0 Å². The summed E-state index contributed by atoms with van der Waals surface area (Å²) >= 11 is 1.18. The van der Waals surface area contributed by atoms with E-state index in [9.17, 15) is 13.2 Å². The minimum absolute atomic E-state index is 0.232. The van der Waals surface area contributed by atoms with E-state index in [1.165, 1.54) is 22.7 Å². The van der Waals surface area contributed by atoms with Crippen molar-refractivity contribution in [3.8, 4) is 10.4 Å². The Balaban J connectivity index is 1.45. The lowest BCUT2D eigenvalue weighted by Gasteiger charge is -2.19. The number of amides is 2. The number of hydrogen-bond donors (Lipinski definition) is 3. The lowest BCUT2D eigenvalue weighted by molar-refractivity contribution is 0.262. The minimum atomic E-state index is -3.72. The quantitative estimate of drug-likeness (QED) is 0.396. The van der Waals surface area contributed by atoms with Crippen LogP contribution in [0.15, 0.2) is 83.3 Å². The highest BCUT2D eigenvalue weighted by molar-refractivity contribution is 7.94. The summed E-state index contributed by atoms with van der Waals surface area (Å²) in [4.78, 5) is 12.9. The third-order valence-electron chi connectivity index (χ3n) is 4.50. The number of aromatic amines is 1. The molecule has 0 aliphatic heterocycles. The van der Waals surface area contributed by atoms with E-state index in [-0.39, 0.29) is 10.2 Å². The molecule has 0 atom stereocenters. The van der Waals surface area contributed by atoms with Crippen molar-refractivity contribution in [1.29, 1.82) is 0 Å². The van der Waals surface area contributed by atoms with Gasteiger partial charge in [-0.1, -0.05) is 18.2 Å². The smallest absolute Gasteiger partial charge is 0.308 e. The number of sulfonamides is 1. The van der Waals surface area contributed by atoms with Crippen molar-refractivity contribution in [2.24, 2.45) is 0 Å². The van der Waals surface area contributed by atoms with Gasteiger partial charge < -0.3 is 10.6 Å². The Bertz CT molecular complexity index is 1270. The van der Waals surface area contributed by atoms with Crippen LogP contribution in [0.1, 0.15) is 0 Å². The van der Waals surface area contributed by atoms with E-state index in [1.54, 1.807) is 60.9 Å². The number of rotatable bonds is 6. The molecule has 4 aromatic rings. The van der Waals surface area contributed by atoms with E-state index < -0.39 is 10.0 Å². The molecular formula is C21H19N5O3S2. The topological polar surface area (TPSA) is 107 Å². The Morgan fingerprint density at radius 2 is 1.65 bits per heavy atom. The normalized spacial score (nSPS) is 11.1. The second kappa shape index (κ2) is 8.62. The lowest BCUT2D eigenvalue weighted by Crippen LogP contribution is -2.25. The number of thiophene rings is 1. The van der Waals surface area contributed by atoms with Crippen LogP contribution in [-0.4, -0.2) is 31.7 Å². The van der Waals surface area contributed by atoms with E-state index in [1.807, 2.05) is 18.2 Å². The highest BCUT2D eigenvalue weighted by Crippen LogP contribution is 2.33. The zero-order chi connectivity index (χ0) is 21.8. The van der Waals surface area contributed by atoms with Crippen molar-refractivity contribution in [1.82, 2.24) is 10.2 Å². The van der Waals surface area contributed by atoms with E-state index in [2.05, 4.69) is 20.8 Å². The predicted octanol–water partition coefficient (Wildman–Crippen LogP) is 4.61. The highest BCUT2D eigenvalue weighted by atomic mass is 32.2. The van der Waals surface area contributed by atoms with Crippen LogP contribution >= 0.6 is 11.3 Å². The largest absolute Gasteiger partial charge is 0.323 e. The van der Waals surface area contributed by atoms with Crippen molar-refractivity contribution < 1.29 is 13.2 Å². The fourth-order valence-electron chi connectivity index (χ4n) is 2.84. The first-order valence-electron chi connectivity index (χ1n) is 9.24. The number of nitrogens with one attached hydrogen (secondary N) is 3. The summed E-state index contributed by atoms with van der Waals surface area (Å²) in [6.07, 6.45) is 3.36. The van der Waals surface area contributed by atoms with E-state index >= 15 is 0 Å². The molecule has 2 aromatic heterocycles. The first kappa shape index (κ1) is 20.6. The molecule has 0 unspecified atom stereocenters. The van der Waals surface area contributed by atoms with Gasteiger partial charge >= 0.3 is 6.03 Å². The van der Waals surface area contributed by atoms with Gasteiger partial charge in [0.05, 0.1) is 11.9 Å². The molecule has 0 spiro atoms. The van der Waals surface area contributed by atoms with Crippen LogP contribution in [0.4, 0.5) is 21.9 Å². The lowest BCUT2D eigenvalue weighted by atomic mass is 10.3. The van der Waals surface area contributed by atoms with Gasteiger partial charge in [-0.15, -0.1) is 11.3 Å². The third kappa shape index (κ3) is 4.60. The van der Waals surface area contributed by atoms with Crippen LogP contribution in [0.3, 0.4) is 0 Å². The summed E-state index contributed by atoms with van der Waals surface area (Å²) in [7, 11) is -2.22. The first-order valence-corrected chi connectivity index (χ1v) is 11.5. The molecule has 0 aliphatic rings. The standard InChI is InChI=1S/C21H19N5O3S2/c1-26(31(28,29)20-12-11-19(30-20)15-13-22-23-14-15)18-9-7-17(8-10-18)25-21(27)24-16-5-3-2-4-6-16/h2-14H,1H3,(H,22,23)(H2,24,25,27). The number of nitrogens with zero attached hydrogens (tertiary/aromatic N) is 2. The molecule has 10 heteroatoms. The number of urea groups is 1. The molecule has 0 aliphatic carbocycles. The Hall–Kier alpha value is -3.63. The van der Waals surface area contributed by atoms with Crippen LogP contribution in [0.25, 0.3) is 10.4 Å². The van der Waals surface area contributed by atoms with Crippen molar-refractivity contribution in [3.63, 3.8) is 0 Å². The van der Waals surface area contributed by atoms with Crippen molar-refractivity contribution in [2.45, 2.75) is 4.21 Å². The van der Waals surface area contributed by atoms with Gasteiger partial charge in [-0.3, -0.25) is 9.40 Å². The number of para-hydroxylation sites is 1. The van der Waals surface area contributed by atoms with Crippen LogP contribution in [-0.2, 0) is 10.0 Å². The second-order valence-corrected chi connectivity index (χ2v) is 9.85. The maximum absolute atomic E-state index is 13.0. The molecule has 2 heterocycles. The zero-order valence-corrected chi connectivity index (χ0v) is 18.1. The second-order valence-electron chi connectivity index (χ2n) is 6.57. The number of carbonyl (C=O) groups excluding carboxylic acids is 1. The molecule has 0 saturated heterocycles. The average Bonchev–Trinajstić information content (AvgIpc) is 3.46. The molecule has 31 heavy (non-hydrogen) atoms. The Morgan fingerprint density at radius 1 is 0.968 bits per heavy atom. The summed E-state index contributed by atoms with van der Waals surface area (Å²) in [5, 5.41) is 12.1. The maximum Gasteiger partial charge on any atom is 0.323 e. The summed E-state index contributed by atoms with van der Waals surface area (Å²) in [5.74, 6) is 0. The van der Waals surface area contributed by atoms with E-state index in [0.29, 0.717) is 17.1 Å². The van der Waals surface area contributed by atoms with Crippen molar-refractivity contribution >= 4 is 44.5 Å². The van der Waals surface area contributed by atoms with Crippen LogP contribution in [0.2, 0.25) is 0 Å². The van der Waals surface area contributed by atoms with Gasteiger partial charge in [-0.25, -0.2) is 13.2 Å². The molecule has 8 nitrogen and oxygen atoms in total. The number of hydrogen-bond acceptors (Lipinski definition) is 5. The number of benzene rings is 2. The average molecular weight is 454 g/mol. The van der Waals surface area contributed by atoms with Gasteiger partial charge in [0.15, 0.2) is 0 Å². The zero-order valence-electron chi connectivity index (χ0n) is 16.4. The van der Waals surface area contributed by atoms with E-state index in [0.717, 1.165) is 10.4 Å². The molecule has 0 bridgehead atoms. The molecule has 2 aromatic carbocycles. The van der Waals surface area contributed by atoms with Gasteiger partial charge in [-0.05, 0) is 48.5 Å². The molecular weight excluding hydrogens is 434 g/mol. The van der Waals surface area contributed by atoms with Gasteiger partial charge in [-0.2, -0.15) is 5.10 Å². The molecule has 4 rings (SSSR count). The number of carbonyl (C=O) groups is 1. The summed E-state index contributed by atoms with van der Waals surface area (Å²) in [6, 6.07) is 18.6. The molecule has 2 amide bonds. The Kier molecular flexibility index (Phi) is 5.74. The number of anilines is 3.